The molecule has 0 saturated carbocycles. The van der Waals surface area contributed by atoms with Gasteiger partial charge in [0, 0.05) is 19.1 Å². The van der Waals surface area contributed by atoms with Gasteiger partial charge >= 0.3 is 0 Å². The van der Waals surface area contributed by atoms with Crippen molar-refractivity contribution < 1.29 is 13.2 Å². The van der Waals surface area contributed by atoms with Gasteiger partial charge in [0.15, 0.2) is 9.84 Å². The van der Waals surface area contributed by atoms with Crippen molar-refractivity contribution in [2.24, 2.45) is 5.73 Å². The van der Waals surface area contributed by atoms with Gasteiger partial charge in [0.2, 0.25) is 5.91 Å². The van der Waals surface area contributed by atoms with E-state index in [9.17, 15) is 13.2 Å². The number of nitrogens with one attached hydrogen (secondary N) is 1. The first-order valence-electron chi connectivity index (χ1n) is 6.69. The normalized spacial score (nSPS) is 26.8. The quantitative estimate of drug-likeness (QED) is 0.678. The van der Waals surface area contributed by atoms with Crippen LogP contribution in [0.15, 0.2) is 0 Å². The minimum Gasteiger partial charge on any atom is -0.368 e. The summed E-state index contributed by atoms with van der Waals surface area (Å²) in [5.74, 6) is -0.100. The third-order valence-corrected chi connectivity index (χ3v) is 5.43. The lowest BCUT2D eigenvalue weighted by molar-refractivity contribution is -0.124. The summed E-state index contributed by atoms with van der Waals surface area (Å²) in [7, 11) is -2.94. The molecule has 3 N–H and O–H groups in total. The van der Waals surface area contributed by atoms with Gasteiger partial charge in [0.25, 0.3) is 0 Å². The van der Waals surface area contributed by atoms with Crippen molar-refractivity contribution in [3.05, 3.63) is 0 Å². The summed E-state index contributed by atoms with van der Waals surface area (Å²) in [6.07, 6.45) is 0.910. The molecule has 0 spiro atoms. The summed E-state index contributed by atoms with van der Waals surface area (Å²) >= 11 is 0. The van der Waals surface area contributed by atoms with E-state index >= 15 is 0 Å². The van der Waals surface area contributed by atoms with E-state index in [1.165, 1.54) is 0 Å². The zero-order valence-electron chi connectivity index (χ0n) is 12.0. The standard InChI is InChI=1S/C12H25N3O3S/c1-4-5-14-12(3,11(13)16)9-15-6-7-19(17,18)8-10(15)2/h10,14H,4-9H2,1-3H3,(H2,13,16). The van der Waals surface area contributed by atoms with E-state index in [4.69, 9.17) is 5.73 Å². The fraction of sp³-hybridized carbons (Fsp3) is 0.917. The number of nitrogens with zero attached hydrogens (tertiary/aromatic N) is 1. The van der Waals surface area contributed by atoms with Crippen molar-refractivity contribution in [3.8, 4) is 0 Å². The number of hydrogen-bond donors (Lipinski definition) is 2. The Bertz CT molecular complexity index is 424. The highest BCUT2D eigenvalue weighted by molar-refractivity contribution is 7.91. The van der Waals surface area contributed by atoms with Gasteiger partial charge in [-0.1, -0.05) is 6.92 Å². The van der Waals surface area contributed by atoms with Gasteiger partial charge < -0.3 is 11.1 Å². The zero-order valence-corrected chi connectivity index (χ0v) is 12.8. The third kappa shape index (κ3) is 4.43. The number of carbonyl (C=O) groups excluding carboxylic acids is 1. The second-order valence-electron chi connectivity index (χ2n) is 5.56. The average molecular weight is 291 g/mol. The molecule has 2 unspecified atom stereocenters. The van der Waals surface area contributed by atoms with Gasteiger partial charge in [-0.05, 0) is 26.8 Å². The van der Waals surface area contributed by atoms with Crippen LogP contribution in [0.25, 0.3) is 0 Å². The topological polar surface area (TPSA) is 92.5 Å². The highest BCUT2D eigenvalue weighted by Crippen LogP contribution is 2.15. The molecule has 1 fully saturated rings. The highest BCUT2D eigenvalue weighted by Gasteiger charge is 2.37. The summed E-state index contributed by atoms with van der Waals surface area (Å²) in [5.41, 5.74) is 4.67. The van der Waals surface area contributed by atoms with Crippen LogP contribution < -0.4 is 11.1 Å². The Balaban J connectivity index is 2.72. The Hall–Kier alpha value is -0.660. The number of hydrogen-bond acceptors (Lipinski definition) is 5. The molecule has 7 heteroatoms. The second kappa shape index (κ2) is 6.19. The number of amides is 1. The molecule has 19 heavy (non-hydrogen) atoms. The van der Waals surface area contributed by atoms with Crippen molar-refractivity contribution in [2.75, 3.05) is 31.1 Å². The molecule has 112 valence electrons. The van der Waals surface area contributed by atoms with E-state index in [-0.39, 0.29) is 17.5 Å². The van der Waals surface area contributed by atoms with Crippen LogP contribution in [0.2, 0.25) is 0 Å². The summed E-state index contributed by atoms with van der Waals surface area (Å²) in [6.45, 7) is 7.28. The van der Waals surface area contributed by atoms with Gasteiger partial charge in [-0.15, -0.1) is 0 Å². The van der Waals surface area contributed by atoms with Gasteiger partial charge in [-0.3, -0.25) is 9.69 Å². The number of sulfone groups is 1. The molecule has 1 rings (SSSR count). The third-order valence-electron chi connectivity index (χ3n) is 3.64. The predicted molar refractivity (Wildman–Crippen MR) is 75.6 cm³/mol. The maximum absolute atomic E-state index is 11.6. The molecule has 1 aliphatic heterocycles. The fourth-order valence-corrected chi connectivity index (χ4v) is 3.92. The molecule has 0 aromatic heterocycles. The monoisotopic (exact) mass is 291 g/mol. The molecule has 0 aromatic carbocycles. The second-order valence-corrected chi connectivity index (χ2v) is 7.79. The first-order valence-corrected chi connectivity index (χ1v) is 8.52. The van der Waals surface area contributed by atoms with Crippen LogP contribution in [-0.4, -0.2) is 61.9 Å². The van der Waals surface area contributed by atoms with Crippen molar-refractivity contribution in [2.45, 2.75) is 38.8 Å². The molecular formula is C12H25N3O3S. The van der Waals surface area contributed by atoms with Crippen LogP contribution in [0.5, 0.6) is 0 Å². The van der Waals surface area contributed by atoms with Crippen LogP contribution in [0.3, 0.4) is 0 Å². The minimum atomic E-state index is -2.94. The van der Waals surface area contributed by atoms with E-state index in [1.54, 1.807) is 6.92 Å². The Morgan fingerprint density at radius 1 is 1.53 bits per heavy atom. The molecule has 6 nitrogen and oxygen atoms in total. The number of rotatable bonds is 6. The van der Waals surface area contributed by atoms with E-state index < -0.39 is 21.3 Å². The largest absolute Gasteiger partial charge is 0.368 e. The molecule has 0 radical (unpaired) electrons. The molecule has 0 bridgehead atoms. The number of primary amides is 1. The van der Waals surface area contributed by atoms with Crippen molar-refractivity contribution in [1.82, 2.24) is 10.2 Å². The smallest absolute Gasteiger partial charge is 0.238 e. The highest BCUT2D eigenvalue weighted by atomic mass is 32.2. The van der Waals surface area contributed by atoms with E-state index in [2.05, 4.69) is 5.32 Å². The fourth-order valence-electron chi connectivity index (χ4n) is 2.30. The van der Waals surface area contributed by atoms with Crippen molar-refractivity contribution in [3.63, 3.8) is 0 Å². The van der Waals surface area contributed by atoms with Crippen LogP contribution >= 0.6 is 0 Å². The molecule has 1 amide bonds. The molecular weight excluding hydrogens is 266 g/mol. The lowest BCUT2D eigenvalue weighted by Gasteiger charge is -2.39. The molecule has 1 saturated heterocycles. The van der Waals surface area contributed by atoms with Gasteiger partial charge in [0.05, 0.1) is 11.5 Å². The SMILES string of the molecule is CCCNC(C)(CN1CCS(=O)(=O)CC1C)C(N)=O. The first kappa shape index (κ1) is 16.4. The van der Waals surface area contributed by atoms with Gasteiger partial charge in [-0.2, -0.15) is 0 Å². The molecule has 1 heterocycles. The van der Waals surface area contributed by atoms with E-state index in [0.717, 1.165) is 6.42 Å². The van der Waals surface area contributed by atoms with Gasteiger partial charge in [-0.25, -0.2) is 8.42 Å². The Morgan fingerprint density at radius 2 is 2.16 bits per heavy atom. The van der Waals surface area contributed by atoms with Crippen LogP contribution in [0.1, 0.15) is 27.2 Å². The van der Waals surface area contributed by atoms with Crippen molar-refractivity contribution in [1.29, 1.82) is 0 Å². The molecule has 0 aromatic rings. The lowest BCUT2D eigenvalue weighted by Crippen LogP contribution is -2.62. The van der Waals surface area contributed by atoms with Crippen LogP contribution in [-0.2, 0) is 14.6 Å². The Morgan fingerprint density at radius 3 is 2.63 bits per heavy atom. The molecule has 2 atom stereocenters. The summed E-state index contributed by atoms with van der Waals surface area (Å²) < 4.78 is 23.1. The number of nitrogens with two attached hydrogens (primary N) is 1. The van der Waals surface area contributed by atoms with Crippen LogP contribution in [0.4, 0.5) is 0 Å². The summed E-state index contributed by atoms with van der Waals surface area (Å²) in [6, 6.07) is -0.0825. The average Bonchev–Trinajstić information content (AvgIpc) is 2.29. The predicted octanol–water partition coefficient (Wildman–Crippen LogP) is -0.651. The molecule has 1 aliphatic rings. The lowest BCUT2D eigenvalue weighted by atomic mass is 9.99. The zero-order chi connectivity index (χ0) is 14.7. The Kier molecular flexibility index (Phi) is 5.34. The molecule has 0 aliphatic carbocycles. The Labute approximate surface area is 115 Å². The van der Waals surface area contributed by atoms with Gasteiger partial charge in [0.1, 0.15) is 5.54 Å². The van der Waals surface area contributed by atoms with Crippen molar-refractivity contribution >= 4 is 15.7 Å². The first-order chi connectivity index (χ1) is 8.70. The maximum Gasteiger partial charge on any atom is 0.238 e. The maximum atomic E-state index is 11.6. The summed E-state index contributed by atoms with van der Waals surface area (Å²) in [4.78, 5) is 13.7. The van der Waals surface area contributed by atoms with Crippen LogP contribution in [0, 0.1) is 0 Å². The minimum absolute atomic E-state index is 0.0825. The van der Waals surface area contributed by atoms with E-state index in [1.807, 2.05) is 18.7 Å². The number of carbonyl (C=O) groups is 1. The summed E-state index contributed by atoms with van der Waals surface area (Å²) in [5, 5.41) is 3.17. The van der Waals surface area contributed by atoms with E-state index in [0.29, 0.717) is 19.6 Å².